The van der Waals surface area contributed by atoms with Crippen molar-refractivity contribution in [3.05, 3.63) is 29.3 Å². The van der Waals surface area contributed by atoms with E-state index in [0.29, 0.717) is 17.8 Å². The van der Waals surface area contributed by atoms with E-state index in [1.165, 1.54) is 4.90 Å². The van der Waals surface area contributed by atoms with Crippen molar-refractivity contribution in [2.75, 3.05) is 18.8 Å². The highest BCUT2D eigenvalue weighted by molar-refractivity contribution is 5.96. The quantitative estimate of drug-likeness (QED) is 0.781. The van der Waals surface area contributed by atoms with Gasteiger partial charge in [-0.25, -0.2) is 0 Å². The molecule has 0 saturated heterocycles. The monoisotopic (exact) mass is 263 g/mol. The Hall–Kier alpha value is -2.04. The number of anilines is 1. The van der Waals surface area contributed by atoms with Crippen LogP contribution in [-0.4, -0.2) is 29.8 Å². The van der Waals surface area contributed by atoms with Gasteiger partial charge in [0.15, 0.2) is 0 Å². The smallest absolute Gasteiger partial charge is 0.254 e. The number of primary amides is 1. The Balaban J connectivity index is 2.97. The van der Waals surface area contributed by atoms with Crippen molar-refractivity contribution in [2.45, 2.75) is 20.8 Å². The molecule has 104 valence electrons. The maximum Gasteiger partial charge on any atom is 0.254 e. The molecule has 4 N–H and O–H groups in total. The number of nitrogen functional groups attached to an aromatic ring is 1. The first-order valence-corrected chi connectivity index (χ1v) is 6.25. The fourth-order valence-corrected chi connectivity index (χ4v) is 1.84. The van der Waals surface area contributed by atoms with Gasteiger partial charge in [-0.1, -0.05) is 13.8 Å². The van der Waals surface area contributed by atoms with Crippen molar-refractivity contribution in [2.24, 2.45) is 11.7 Å². The summed E-state index contributed by atoms with van der Waals surface area (Å²) in [6.07, 6.45) is 0. The van der Waals surface area contributed by atoms with Gasteiger partial charge in [-0.3, -0.25) is 9.59 Å². The van der Waals surface area contributed by atoms with Gasteiger partial charge in [0.1, 0.15) is 0 Å². The molecule has 1 rings (SSSR count). The standard InChI is InChI=1S/C14H21N3O2/c1-9(2)7-17(8-13(16)18)14(19)11-4-5-12(15)10(3)6-11/h4-6,9H,7-8,15H2,1-3H3,(H2,16,18). The lowest BCUT2D eigenvalue weighted by Gasteiger charge is -2.23. The van der Waals surface area contributed by atoms with Crippen molar-refractivity contribution in [3.63, 3.8) is 0 Å². The molecular weight excluding hydrogens is 242 g/mol. The number of hydrogen-bond donors (Lipinski definition) is 2. The Morgan fingerprint density at radius 2 is 1.95 bits per heavy atom. The second-order valence-electron chi connectivity index (χ2n) is 5.12. The van der Waals surface area contributed by atoms with E-state index < -0.39 is 5.91 Å². The molecule has 0 aromatic heterocycles. The van der Waals surface area contributed by atoms with Gasteiger partial charge in [0.05, 0.1) is 6.54 Å². The topological polar surface area (TPSA) is 89.4 Å². The summed E-state index contributed by atoms with van der Waals surface area (Å²) in [5.74, 6) is -0.449. The van der Waals surface area contributed by atoms with Crippen LogP contribution in [0.1, 0.15) is 29.8 Å². The minimum atomic E-state index is -0.513. The van der Waals surface area contributed by atoms with Crippen LogP contribution < -0.4 is 11.5 Å². The van der Waals surface area contributed by atoms with Gasteiger partial charge in [-0.05, 0) is 36.6 Å². The maximum absolute atomic E-state index is 12.4. The molecule has 1 aromatic rings. The fourth-order valence-electron chi connectivity index (χ4n) is 1.84. The molecule has 0 aliphatic rings. The second kappa shape index (κ2) is 6.22. The van der Waals surface area contributed by atoms with Crippen LogP contribution in [-0.2, 0) is 4.79 Å². The first kappa shape index (κ1) is 15.0. The van der Waals surface area contributed by atoms with Crippen molar-refractivity contribution in [1.82, 2.24) is 4.90 Å². The number of rotatable bonds is 5. The molecule has 2 amide bonds. The molecule has 0 radical (unpaired) electrons. The third kappa shape index (κ3) is 4.28. The number of carbonyl (C=O) groups is 2. The zero-order valence-electron chi connectivity index (χ0n) is 11.6. The molecule has 0 aliphatic carbocycles. The number of nitrogens with zero attached hydrogens (tertiary/aromatic N) is 1. The van der Waals surface area contributed by atoms with Crippen LogP contribution in [0.15, 0.2) is 18.2 Å². The maximum atomic E-state index is 12.4. The van der Waals surface area contributed by atoms with Gasteiger partial charge in [-0.2, -0.15) is 0 Å². The minimum Gasteiger partial charge on any atom is -0.399 e. The Labute approximate surface area is 113 Å². The summed E-state index contributed by atoms with van der Waals surface area (Å²) in [6.45, 7) is 6.23. The summed E-state index contributed by atoms with van der Waals surface area (Å²) < 4.78 is 0. The lowest BCUT2D eigenvalue weighted by atomic mass is 10.1. The van der Waals surface area contributed by atoms with E-state index in [4.69, 9.17) is 11.5 Å². The van der Waals surface area contributed by atoms with E-state index in [9.17, 15) is 9.59 Å². The van der Waals surface area contributed by atoms with Crippen LogP contribution in [0.4, 0.5) is 5.69 Å². The molecule has 1 aromatic carbocycles. The molecule has 0 atom stereocenters. The average molecular weight is 263 g/mol. The van der Waals surface area contributed by atoms with Crippen LogP contribution in [0.5, 0.6) is 0 Å². The molecule has 0 spiro atoms. The summed E-state index contributed by atoms with van der Waals surface area (Å²) >= 11 is 0. The van der Waals surface area contributed by atoms with Gasteiger partial charge in [0, 0.05) is 17.8 Å². The summed E-state index contributed by atoms with van der Waals surface area (Å²) in [6, 6.07) is 5.09. The molecular formula is C14H21N3O2. The molecule has 0 heterocycles. The predicted octanol–water partition coefficient (Wildman–Crippen LogP) is 1.16. The molecule has 5 nitrogen and oxygen atoms in total. The van der Waals surface area contributed by atoms with E-state index in [-0.39, 0.29) is 18.4 Å². The first-order chi connectivity index (χ1) is 8.81. The summed E-state index contributed by atoms with van der Waals surface area (Å²) in [7, 11) is 0. The molecule has 5 heteroatoms. The average Bonchev–Trinajstić information content (AvgIpc) is 2.29. The lowest BCUT2D eigenvalue weighted by molar-refractivity contribution is -0.118. The van der Waals surface area contributed by atoms with Crippen LogP contribution in [0.2, 0.25) is 0 Å². The van der Waals surface area contributed by atoms with E-state index >= 15 is 0 Å². The van der Waals surface area contributed by atoms with Crippen LogP contribution in [0.25, 0.3) is 0 Å². The molecule has 19 heavy (non-hydrogen) atoms. The third-order valence-corrected chi connectivity index (χ3v) is 2.74. The number of aryl methyl sites for hydroxylation is 1. The first-order valence-electron chi connectivity index (χ1n) is 6.25. The Morgan fingerprint density at radius 1 is 1.32 bits per heavy atom. The van der Waals surface area contributed by atoms with E-state index in [1.54, 1.807) is 18.2 Å². The second-order valence-corrected chi connectivity index (χ2v) is 5.12. The van der Waals surface area contributed by atoms with Crippen molar-refractivity contribution in [1.29, 1.82) is 0 Å². The van der Waals surface area contributed by atoms with Gasteiger partial charge in [0.2, 0.25) is 5.91 Å². The van der Waals surface area contributed by atoms with Crippen molar-refractivity contribution >= 4 is 17.5 Å². The Kier molecular flexibility index (Phi) is 4.92. The normalized spacial score (nSPS) is 10.5. The highest BCUT2D eigenvalue weighted by Gasteiger charge is 2.19. The highest BCUT2D eigenvalue weighted by atomic mass is 16.2. The van der Waals surface area contributed by atoms with Gasteiger partial charge in [-0.15, -0.1) is 0 Å². The molecule has 0 unspecified atom stereocenters. The Bertz CT molecular complexity index is 484. The fraction of sp³-hybridized carbons (Fsp3) is 0.429. The molecule has 0 saturated carbocycles. The van der Waals surface area contributed by atoms with Gasteiger partial charge < -0.3 is 16.4 Å². The van der Waals surface area contributed by atoms with E-state index in [1.807, 2.05) is 20.8 Å². The van der Waals surface area contributed by atoms with Gasteiger partial charge >= 0.3 is 0 Å². The minimum absolute atomic E-state index is 0.0690. The number of benzene rings is 1. The SMILES string of the molecule is Cc1cc(C(=O)N(CC(N)=O)CC(C)C)ccc1N. The number of carbonyl (C=O) groups excluding carboxylic acids is 2. The third-order valence-electron chi connectivity index (χ3n) is 2.74. The van der Waals surface area contributed by atoms with Crippen molar-refractivity contribution < 1.29 is 9.59 Å². The number of hydrogen-bond acceptors (Lipinski definition) is 3. The predicted molar refractivity (Wildman–Crippen MR) is 75.5 cm³/mol. The summed E-state index contributed by atoms with van der Waals surface area (Å²) in [5, 5.41) is 0. The Morgan fingerprint density at radius 3 is 2.42 bits per heavy atom. The van der Waals surface area contributed by atoms with Crippen molar-refractivity contribution in [3.8, 4) is 0 Å². The van der Waals surface area contributed by atoms with Crippen LogP contribution in [0.3, 0.4) is 0 Å². The number of amides is 2. The van der Waals surface area contributed by atoms with Gasteiger partial charge in [0.25, 0.3) is 5.91 Å². The summed E-state index contributed by atoms with van der Waals surface area (Å²) in [4.78, 5) is 24.9. The van der Waals surface area contributed by atoms with Crippen LogP contribution >= 0.6 is 0 Å². The zero-order chi connectivity index (χ0) is 14.6. The molecule has 0 fully saturated rings. The van der Waals surface area contributed by atoms with E-state index in [2.05, 4.69) is 0 Å². The summed E-state index contributed by atoms with van der Waals surface area (Å²) in [5.41, 5.74) is 12.9. The lowest BCUT2D eigenvalue weighted by Crippen LogP contribution is -2.40. The van der Waals surface area contributed by atoms with E-state index in [0.717, 1.165) is 5.56 Å². The molecule has 0 bridgehead atoms. The number of nitrogens with two attached hydrogens (primary N) is 2. The zero-order valence-corrected chi connectivity index (χ0v) is 11.6. The largest absolute Gasteiger partial charge is 0.399 e. The highest BCUT2D eigenvalue weighted by Crippen LogP contribution is 2.15. The van der Waals surface area contributed by atoms with Crippen LogP contribution in [0, 0.1) is 12.8 Å². The molecule has 0 aliphatic heterocycles.